The maximum Gasteiger partial charge on any atom is 0.460 e. The average Bonchev–Trinajstić information content (AvgIpc) is 3.37. The van der Waals surface area contributed by atoms with E-state index in [2.05, 4.69) is 21.3 Å². The lowest BCUT2D eigenvalue weighted by Crippen LogP contribution is -2.33. The van der Waals surface area contributed by atoms with E-state index in [4.69, 9.17) is 0 Å². The van der Waals surface area contributed by atoms with Gasteiger partial charge in [-0.25, -0.2) is 13.4 Å². The van der Waals surface area contributed by atoms with E-state index in [0.29, 0.717) is 18.4 Å². The quantitative estimate of drug-likeness (QED) is 0.628. The lowest BCUT2D eigenvalue weighted by Gasteiger charge is -2.15. The van der Waals surface area contributed by atoms with Crippen molar-refractivity contribution in [2.24, 2.45) is 0 Å². The molecular weight excluding hydrogens is 469 g/mol. The third kappa shape index (κ3) is 4.09. The van der Waals surface area contributed by atoms with E-state index in [9.17, 15) is 40.4 Å². The Labute approximate surface area is 176 Å². The van der Waals surface area contributed by atoms with Crippen LogP contribution < -0.4 is 5.32 Å². The molecule has 0 radical (unpaired) electrons. The molecule has 8 nitrogen and oxygen atoms in total. The molecule has 2 aromatic rings. The highest BCUT2D eigenvalue weighted by Gasteiger charge is 2.61. The number of pyridine rings is 1. The van der Waals surface area contributed by atoms with Crippen molar-refractivity contribution in [3.05, 3.63) is 28.5 Å². The number of carbonyl (C=O) groups excluding carboxylic acids is 1. The topological polar surface area (TPSA) is 126 Å². The second kappa shape index (κ2) is 7.45. The summed E-state index contributed by atoms with van der Waals surface area (Å²) in [6, 6.07) is 3.22. The second-order valence-corrected chi connectivity index (χ2v) is 9.83. The summed E-state index contributed by atoms with van der Waals surface area (Å²) < 4.78 is 89.0. The molecule has 0 bridgehead atoms. The molecule has 0 atom stereocenters. The fourth-order valence-electron chi connectivity index (χ4n) is 2.54. The van der Waals surface area contributed by atoms with Gasteiger partial charge in [0.15, 0.2) is 14.8 Å². The highest BCUT2D eigenvalue weighted by atomic mass is 32.2. The number of amides is 1. The van der Waals surface area contributed by atoms with Gasteiger partial charge in [0.1, 0.15) is 5.69 Å². The first-order chi connectivity index (χ1) is 14.3. The summed E-state index contributed by atoms with van der Waals surface area (Å²) >= 11 is -0.215. The number of alkyl halides is 5. The number of sulfone groups is 1. The van der Waals surface area contributed by atoms with Crippen molar-refractivity contribution in [3.63, 3.8) is 0 Å². The predicted molar refractivity (Wildman–Crippen MR) is 96.3 cm³/mol. The molecule has 0 saturated heterocycles. The van der Waals surface area contributed by atoms with Crippen LogP contribution in [0, 0.1) is 11.3 Å². The van der Waals surface area contributed by atoms with Crippen molar-refractivity contribution in [2.45, 2.75) is 42.2 Å². The van der Waals surface area contributed by atoms with Crippen molar-refractivity contribution in [3.8, 4) is 6.07 Å². The molecule has 1 fully saturated rings. The van der Waals surface area contributed by atoms with Crippen molar-refractivity contribution in [2.75, 3.05) is 11.1 Å². The van der Waals surface area contributed by atoms with E-state index in [1.807, 2.05) is 5.32 Å². The zero-order chi connectivity index (χ0) is 23.2. The molecule has 0 unspecified atom stereocenters. The maximum atomic E-state index is 13.4. The first-order valence-electron chi connectivity index (χ1n) is 8.52. The summed E-state index contributed by atoms with van der Waals surface area (Å²) in [5.41, 5.74) is -1.20. The van der Waals surface area contributed by atoms with E-state index in [0.717, 1.165) is 12.3 Å². The van der Waals surface area contributed by atoms with Gasteiger partial charge in [-0.2, -0.15) is 27.2 Å². The van der Waals surface area contributed by atoms with Gasteiger partial charge in [-0.15, -0.1) is 10.2 Å². The van der Waals surface area contributed by atoms with E-state index in [-0.39, 0.29) is 11.3 Å². The smallest absolute Gasteiger partial charge is 0.295 e. The zero-order valence-electron chi connectivity index (χ0n) is 15.5. The van der Waals surface area contributed by atoms with Crippen LogP contribution in [0.25, 0.3) is 0 Å². The van der Waals surface area contributed by atoms with Crippen LogP contribution in [0.1, 0.15) is 40.8 Å². The van der Waals surface area contributed by atoms with Crippen LogP contribution >= 0.6 is 11.3 Å². The van der Waals surface area contributed by atoms with E-state index >= 15 is 0 Å². The van der Waals surface area contributed by atoms with E-state index in [1.165, 1.54) is 6.92 Å². The predicted octanol–water partition coefficient (Wildman–Crippen LogP) is 3.19. The molecule has 2 heterocycles. The largest absolute Gasteiger partial charge is 0.460 e. The summed E-state index contributed by atoms with van der Waals surface area (Å²) in [6.07, 6.45) is -3.77. The summed E-state index contributed by atoms with van der Waals surface area (Å²) in [4.78, 5) is 15.9. The van der Waals surface area contributed by atoms with Gasteiger partial charge < -0.3 is 0 Å². The molecule has 1 aliphatic carbocycles. The molecule has 0 aromatic carbocycles. The summed E-state index contributed by atoms with van der Waals surface area (Å²) in [7, 11) is -4.00. The number of anilines is 1. The van der Waals surface area contributed by atoms with Gasteiger partial charge in [-0.1, -0.05) is 18.3 Å². The first-order valence-corrected chi connectivity index (χ1v) is 11.0. The number of hydrogen-bond donors (Lipinski definition) is 1. The minimum absolute atomic E-state index is 0.215. The number of rotatable bonds is 6. The summed E-state index contributed by atoms with van der Waals surface area (Å²) in [5, 5.41) is 14.7. The maximum absolute atomic E-state index is 13.4. The Morgan fingerprint density at radius 1 is 1.29 bits per heavy atom. The monoisotopic (exact) mass is 481 g/mol. The average molecular weight is 481 g/mol. The molecule has 1 saturated carbocycles. The van der Waals surface area contributed by atoms with Crippen LogP contribution in [-0.2, 0) is 21.2 Å². The van der Waals surface area contributed by atoms with Crippen LogP contribution in [0.5, 0.6) is 0 Å². The van der Waals surface area contributed by atoms with Gasteiger partial charge in [0.25, 0.3) is 5.91 Å². The second-order valence-electron chi connectivity index (χ2n) is 6.61. The Kier molecular flexibility index (Phi) is 5.51. The highest BCUT2D eigenvalue weighted by molar-refractivity contribution is 7.91. The molecule has 0 aliphatic heterocycles. The third-order valence-electron chi connectivity index (χ3n) is 4.57. The standard InChI is InChI=1S/C16H12F5N5O3S2/c1-2-31(28,29)9-5-8(14(7-22)3-4-14)6-23-10(9)11(27)24-13-26-25-12(30-13)15(17,18)16(19,20)21/h5-6H,2-4H2,1H3,(H,24,26,27). The fraction of sp³-hybridized carbons (Fsp3) is 0.438. The molecule has 0 spiro atoms. The highest BCUT2D eigenvalue weighted by Crippen LogP contribution is 2.48. The van der Waals surface area contributed by atoms with Gasteiger partial charge >= 0.3 is 12.1 Å². The van der Waals surface area contributed by atoms with Crippen LogP contribution in [0.4, 0.5) is 27.1 Å². The van der Waals surface area contributed by atoms with E-state index < -0.39 is 59.7 Å². The molecular formula is C16H12F5N5O3S2. The fourth-order valence-corrected chi connectivity index (χ4v) is 4.33. The normalized spacial score (nSPS) is 15.9. The van der Waals surface area contributed by atoms with Crippen molar-refractivity contribution < 1.29 is 35.2 Å². The van der Waals surface area contributed by atoms with Gasteiger partial charge in [0, 0.05) is 6.20 Å². The Bertz CT molecular complexity index is 1180. The number of nitrogens with zero attached hydrogens (tertiary/aromatic N) is 4. The molecule has 1 aliphatic rings. The lowest BCUT2D eigenvalue weighted by molar-refractivity contribution is -0.289. The first kappa shape index (κ1) is 22.9. The molecule has 31 heavy (non-hydrogen) atoms. The Balaban J connectivity index is 1.95. The van der Waals surface area contributed by atoms with Crippen molar-refractivity contribution >= 4 is 32.2 Å². The summed E-state index contributed by atoms with van der Waals surface area (Å²) in [6.45, 7) is 1.32. The van der Waals surface area contributed by atoms with Crippen molar-refractivity contribution in [1.82, 2.24) is 15.2 Å². The number of nitriles is 1. The number of halogens is 5. The van der Waals surface area contributed by atoms with Crippen molar-refractivity contribution in [1.29, 1.82) is 5.26 Å². The number of hydrogen-bond acceptors (Lipinski definition) is 8. The Hall–Kier alpha value is -2.73. The minimum atomic E-state index is -5.91. The SMILES string of the molecule is CCS(=O)(=O)c1cc(C2(C#N)CC2)cnc1C(=O)Nc1nnc(C(F)(F)C(F)(F)F)s1. The molecule has 3 rings (SSSR count). The van der Waals surface area contributed by atoms with Gasteiger partial charge in [0.05, 0.1) is 22.1 Å². The van der Waals surface area contributed by atoms with Gasteiger partial charge in [0.2, 0.25) is 5.13 Å². The number of aromatic nitrogens is 3. The van der Waals surface area contributed by atoms with E-state index in [1.54, 1.807) is 0 Å². The van der Waals surface area contributed by atoms with Crippen LogP contribution in [0.3, 0.4) is 0 Å². The molecule has 1 N–H and O–H groups in total. The van der Waals surface area contributed by atoms with Crippen LogP contribution in [-0.4, -0.2) is 41.4 Å². The zero-order valence-corrected chi connectivity index (χ0v) is 17.1. The molecule has 2 aromatic heterocycles. The Morgan fingerprint density at radius 3 is 2.45 bits per heavy atom. The van der Waals surface area contributed by atoms with Crippen LogP contribution in [0.2, 0.25) is 0 Å². The van der Waals surface area contributed by atoms with Crippen LogP contribution in [0.15, 0.2) is 17.2 Å². The summed E-state index contributed by atoms with van der Waals surface area (Å²) in [5.74, 6) is -6.88. The minimum Gasteiger partial charge on any atom is -0.295 e. The molecule has 166 valence electrons. The molecule has 1 amide bonds. The van der Waals surface area contributed by atoms with Gasteiger partial charge in [-0.3, -0.25) is 10.1 Å². The third-order valence-corrected chi connectivity index (χ3v) is 7.22. The Morgan fingerprint density at radius 2 is 1.94 bits per heavy atom. The number of carbonyl (C=O) groups is 1. The van der Waals surface area contributed by atoms with Gasteiger partial charge in [-0.05, 0) is 24.5 Å². The lowest BCUT2D eigenvalue weighted by atomic mass is 9.99. The molecule has 15 heteroatoms. The number of nitrogens with one attached hydrogen (secondary N) is 1.